The number of rotatable bonds is 21. The predicted octanol–water partition coefficient (Wildman–Crippen LogP) is -1.89. The number of carboxylic acids is 3. The van der Waals surface area contributed by atoms with Crippen molar-refractivity contribution in [2.75, 3.05) is 148 Å². The summed E-state index contributed by atoms with van der Waals surface area (Å²) < 4.78 is 19.5. The summed E-state index contributed by atoms with van der Waals surface area (Å²) in [6, 6.07) is 15.1. The Morgan fingerprint density at radius 3 is 1.77 bits per heavy atom. The Morgan fingerprint density at radius 2 is 1.24 bits per heavy atom. The molecule has 26 nitrogen and oxygen atoms in total. The molecule has 1 aromatic heterocycles. The van der Waals surface area contributed by atoms with Gasteiger partial charge in [-0.2, -0.15) is 5.10 Å². The summed E-state index contributed by atoms with van der Waals surface area (Å²) in [7, 11) is 1.53. The van der Waals surface area contributed by atoms with Crippen LogP contribution in [-0.4, -0.2) is 233 Å². The van der Waals surface area contributed by atoms with Crippen molar-refractivity contribution < 1.29 is 58.3 Å². The van der Waals surface area contributed by atoms with E-state index in [1.165, 1.54) is 12.0 Å². The minimum absolute atomic E-state index is 0. The summed E-state index contributed by atoms with van der Waals surface area (Å²) in [4.78, 5) is 108. The Labute approximate surface area is 511 Å². The van der Waals surface area contributed by atoms with Gasteiger partial charge in [0.2, 0.25) is 5.91 Å². The maximum Gasteiger partial charge on any atom is 3.00 e. The van der Waals surface area contributed by atoms with Crippen molar-refractivity contribution in [3.63, 3.8) is 0 Å². The molecule has 2 fully saturated rings. The molecule has 0 unspecified atom stereocenters. The molecular formula is C55H63Cl2InN12O14. The van der Waals surface area contributed by atoms with E-state index in [-0.39, 0.29) is 141 Å². The number of hydrogen-bond acceptors (Lipinski definition) is 21. The van der Waals surface area contributed by atoms with Crippen LogP contribution in [0.2, 0.25) is 10.0 Å². The van der Waals surface area contributed by atoms with Crippen LogP contribution in [0.1, 0.15) is 29.9 Å². The van der Waals surface area contributed by atoms with Crippen molar-refractivity contribution in [3.8, 4) is 39.6 Å². The average Bonchev–Trinajstić information content (AvgIpc) is 1.77. The van der Waals surface area contributed by atoms with Crippen molar-refractivity contribution in [2.24, 2.45) is 0 Å². The van der Waals surface area contributed by atoms with E-state index in [0.29, 0.717) is 80.6 Å². The smallest absolute Gasteiger partial charge is 0.549 e. The van der Waals surface area contributed by atoms with Gasteiger partial charge in [-0.05, 0) is 55.8 Å². The summed E-state index contributed by atoms with van der Waals surface area (Å²) in [5.41, 5.74) is 2.09. The number of nitrogens with one attached hydrogen (secondary N) is 5. The topological polar surface area (TPSA) is 328 Å². The number of aliphatic carboxylic acids is 3. The standard InChI is InChI=1S/C55H66Cl2N12O14.In/c1-55(2)32-82-20-19-68(55)53(79)47-40-31-83-42-26-41(81-3)38(25-39(42)50(40)69(63-47)37-23-34(56)22-35(57)24-37)33-5-4-6-36(21-33)62-54(80)61-10-9-60-49-48(51(77)52(49)78)59-8-7-58-43(70)27-64-11-13-65(28-44(71)72)15-17-67(30-46(75)76)18-16-66(14-12-64)29-45(73)74;/h4-6,21-26,59-60H,7-20,27-32H2,1-3H3,(H,58,70)(H,71,72)(H,73,74)(H,75,76)(H2,61,62,80);/q;+3/p-3. The molecule has 0 spiro atoms. The van der Waals surface area contributed by atoms with Crippen molar-refractivity contribution >= 4 is 102 Å². The quantitative estimate of drug-likeness (QED) is 0.0396. The number of amides is 4. The molecule has 0 atom stereocenters. The molecule has 5 aromatic rings. The van der Waals surface area contributed by atoms with Crippen LogP contribution >= 0.6 is 23.2 Å². The van der Waals surface area contributed by atoms with Crippen LogP contribution in [0.25, 0.3) is 28.1 Å². The van der Waals surface area contributed by atoms with E-state index >= 15 is 0 Å². The largest absolute Gasteiger partial charge is 3.00 e. The van der Waals surface area contributed by atoms with E-state index in [1.54, 1.807) is 66.7 Å². The molecule has 84 heavy (non-hydrogen) atoms. The van der Waals surface area contributed by atoms with Crippen LogP contribution in [-0.2, 0) is 30.5 Å². The second-order valence-corrected chi connectivity index (χ2v) is 21.5. The Morgan fingerprint density at radius 1 is 0.690 bits per heavy atom. The third-order valence-corrected chi connectivity index (χ3v) is 14.7. The molecule has 0 saturated carbocycles. The molecule has 5 N–H and O–H groups in total. The maximum absolute atomic E-state index is 14.4. The van der Waals surface area contributed by atoms with Crippen molar-refractivity contribution in [3.05, 3.63) is 96.3 Å². The van der Waals surface area contributed by atoms with E-state index < -0.39 is 65.9 Å². The number of urea groups is 1. The second kappa shape index (κ2) is 29.2. The van der Waals surface area contributed by atoms with E-state index in [1.807, 2.05) is 26.0 Å². The molecule has 444 valence electrons. The average molecular weight is 1300 g/mol. The van der Waals surface area contributed by atoms with Gasteiger partial charge in [-0.25, -0.2) is 9.48 Å². The van der Waals surface area contributed by atoms with Gasteiger partial charge >= 0.3 is 31.9 Å². The zero-order valence-corrected chi connectivity index (χ0v) is 51.3. The van der Waals surface area contributed by atoms with Crippen LogP contribution in [0.5, 0.6) is 11.5 Å². The number of hydrogen-bond donors (Lipinski definition) is 5. The number of halogens is 2. The molecule has 3 aliphatic rings. The number of nitrogens with zero attached hydrogens (tertiary/aromatic N) is 7. The Hall–Kier alpha value is -6.98. The number of carbonyl (C=O) groups excluding carboxylic acids is 6. The van der Waals surface area contributed by atoms with Crippen LogP contribution in [0, 0.1) is 0 Å². The first-order chi connectivity index (χ1) is 39.7. The molecule has 8 rings (SSSR count). The van der Waals surface area contributed by atoms with E-state index in [0.717, 1.165) is 0 Å². The molecule has 29 heteroatoms. The zero-order chi connectivity index (χ0) is 59.5. The number of aromatic nitrogens is 2. The fourth-order valence-corrected chi connectivity index (χ4v) is 10.6. The summed E-state index contributed by atoms with van der Waals surface area (Å²) in [5, 5.41) is 54.1. The monoisotopic (exact) mass is 1300 g/mol. The van der Waals surface area contributed by atoms with Gasteiger partial charge in [-0.3, -0.25) is 38.8 Å². The zero-order valence-electron chi connectivity index (χ0n) is 46.5. The number of anilines is 3. The van der Waals surface area contributed by atoms with Gasteiger partial charge < -0.3 is 75.4 Å². The first kappa shape index (κ1) is 64.6. The van der Waals surface area contributed by atoms with E-state index in [4.69, 9.17) is 42.5 Å². The Balaban J connectivity index is 0.0000101. The summed E-state index contributed by atoms with van der Waals surface area (Å²) in [5.74, 6) is -3.78. The van der Waals surface area contributed by atoms with Crippen molar-refractivity contribution in [1.82, 2.24) is 44.9 Å². The normalized spacial score (nSPS) is 16.1. The van der Waals surface area contributed by atoms with Gasteiger partial charge in [0.05, 0.1) is 61.7 Å². The molecule has 0 radical (unpaired) electrons. The molecule has 2 saturated heterocycles. The first-order valence-corrected chi connectivity index (χ1v) is 27.5. The fraction of sp³-hybridized carbons (Fsp3) is 0.436. The minimum atomic E-state index is -1.34. The molecule has 4 aromatic carbocycles. The fourth-order valence-electron chi connectivity index (χ4n) is 10.1. The van der Waals surface area contributed by atoms with Gasteiger partial charge in [0.1, 0.15) is 29.5 Å². The number of fused-ring (bicyclic) bond motifs is 3. The van der Waals surface area contributed by atoms with Gasteiger partial charge in [0, 0.05) is 143 Å². The number of carbonyl (C=O) groups is 6. The third-order valence-electron chi connectivity index (χ3n) is 14.3. The summed E-state index contributed by atoms with van der Waals surface area (Å²) in [6.45, 7) is 5.08. The van der Waals surface area contributed by atoms with Gasteiger partial charge in [0.25, 0.3) is 16.8 Å². The number of morpholine rings is 1. The molecule has 0 bridgehead atoms. The first-order valence-electron chi connectivity index (χ1n) is 26.7. The van der Waals surface area contributed by atoms with Gasteiger partial charge in [0.15, 0.2) is 5.69 Å². The van der Waals surface area contributed by atoms with Crippen LogP contribution in [0.3, 0.4) is 0 Å². The Bertz CT molecular complexity index is 3270. The van der Waals surface area contributed by atoms with Gasteiger partial charge in [-0.1, -0.05) is 35.3 Å². The number of benzene rings is 3. The predicted molar refractivity (Wildman–Crippen MR) is 306 cm³/mol. The molecule has 3 aliphatic heterocycles. The molecular weight excluding hydrogens is 1240 g/mol. The molecule has 0 aliphatic carbocycles. The number of ether oxygens (including phenoxy) is 3. The van der Waals surface area contributed by atoms with Gasteiger partial charge in [-0.15, -0.1) is 0 Å². The van der Waals surface area contributed by atoms with Crippen LogP contribution in [0.15, 0.2) is 64.2 Å². The maximum atomic E-state index is 14.4. The van der Waals surface area contributed by atoms with Crippen molar-refractivity contribution in [2.45, 2.75) is 26.0 Å². The van der Waals surface area contributed by atoms with Crippen LogP contribution in [0.4, 0.5) is 21.9 Å². The number of carboxylic acid groups (broad SMARTS) is 3. The van der Waals surface area contributed by atoms with Crippen molar-refractivity contribution in [1.29, 1.82) is 0 Å². The van der Waals surface area contributed by atoms with Crippen LogP contribution < -0.4 is 62.2 Å². The van der Waals surface area contributed by atoms with E-state index in [2.05, 4.69) is 26.6 Å². The summed E-state index contributed by atoms with van der Waals surface area (Å²) >= 11 is 13.0. The summed E-state index contributed by atoms with van der Waals surface area (Å²) in [6.07, 6.45) is 0. The SMILES string of the molecule is COc1cc2c(cc1-c1cccc(NC(=O)NCCNc3c(NCCNC(=O)CN4CCN(CC(=O)[O-])CCN(CC(=O)[O-])CCN(CC(=O)[O-])CC4)c(=O)c3=O)c1)-c1c(c(C(=O)N3CCOCC3(C)C)nn1-c1cc(Cl)cc(Cl)c1)CO2.[In+3]. The minimum Gasteiger partial charge on any atom is -0.549 e. The second-order valence-electron chi connectivity index (χ2n) is 20.7. The van der Waals surface area contributed by atoms with E-state index in [9.17, 15) is 53.7 Å². The molecule has 4 amide bonds. The molecule has 4 heterocycles. The number of methoxy groups -OCH3 is 1. The Kier molecular flexibility index (Phi) is 22.5. The third kappa shape index (κ3) is 16.5.